The molecule has 1 aliphatic carbocycles. The molecule has 0 unspecified atom stereocenters. The molecule has 3 nitrogen and oxygen atoms in total. The normalized spacial score (nSPS) is 16.9. The van der Waals surface area contributed by atoms with E-state index in [1.165, 1.54) is 23.8 Å². The van der Waals surface area contributed by atoms with Crippen molar-refractivity contribution < 1.29 is 9.59 Å². The number of rotatable bonds is 3. The number of fused-ring (bicyclic) bond motifs is 1. The summed E-state index contributed by atoms with van der Waals surface area (Å²) in [7, 11) is 0. The molecule has 0 radical (unpaired) electrons. The first-order chi connectivity index (χ1) is 10.5. The Morgan fingerprint density at radius 2 is 1.95 bits per heavy atom. The third-order valence-electron chi connectivity index (χ3n) is 4.10. The highest BCUT2D eigenvalue weighted by Gasteiger charge is 2.20. The molecule has 1 atom stereocenters. The van der Waals surface area contributed by atoms with Crippen molar-refractivity contribution in [3.05, 3.63) is 51.2 Å². The lowest BCUT2D eigenvalue weighted by atomic mass is 9.90. The first kappa shape index (κ1) is 15.0. The van der Waals surface area contributed by atoms with Crippen LogP contribution >= 0.6 is 11.3 Å². The largest absolute Gasteiger partial charge is 0.321 e. The van der Waals surface area contributed by atoms with Gasteiger partial charge in [0, 0.05) is 16.1 Å². The molecular formula is C18H19NO2S. The van der Waals surface area contributed by atoms with Crippen LogP contribution in [0.25, 0.3) is 0 Å². The maximum Gasteiger partial charge on any atom is 0.265 e. The van der Waals surface area contributed by atoms with Gasteiger partial charge in [0.1, 0.15) is 0 Å². The van der Waals surface area contributed by atoms with Crippen molar-refractivity contribution in [3.63, 3.8) is 0 Å². The average molecular weight is 313 g/mol. The van der Waals surface area contributed by atoms with E-state index in [0.29, 0.717) is 11.5 Å². The molecule has 114 valence electrons. The zero-order valence-corrected chi connectivity index (χ0v) is 13.6. The highest BCUT2D eigenvalue weighted by atomic mass is 32.1. The maximum atomic E-state index is 12.4. The molecule has 0 bridgehead atoms. The van der Waals surface area contributed by atoms with E-state index in [1.54, 1.807) is 35.6 Å². The summed E-state index contributed by atoms with van der Waals surface area (Å²) in [6.45, 7) is 3.79. The molecule has 1 aromatic carbocycles. The molecule has 0 aliphatic heterocycles. The van der Waals surface area contributed by atoms with E-state index in [4.69, 9.17) is 0 Å². The van der Waals surface area contributed by atoms with Crippen molar-refractivity contribution in [1.29, 1.82) is 0 Å². The maximum absolute atomic E-state index is 12.4. The van der Waals surface area contributed by atoms with Crippen LogP contribution in [0.15, 0.2) is 30.3 Å². The SMILES string of the molecule is CC(=O)c1ccc(NC(=O)c2cc3c(s2)CC[C@H](C)C3)cc1. The lowest BCUT2D eigenvalue weighted by Crippen LogP contribution is -2.10. The fourth-order valence-electron chi connectivity index (χ4n) is 2.80. The number of amides is 1. The number of carbonyl (C=O) groups is 2. The van der Waals surface area contributed by atoms with E-state index in [2.05, 4.69) is 12.2 Å². The number of hydrogen-bond donors (Lipinski definition) is 1. The Kier molecular flexibility index (Phi) is 4.12. The molecule has 3 rings (SSSR count). The van der Waals surface area contributed by atoms with Gasteiger partial charge < -0.3 is 5.32 Å². The minimum absolute atomic E-state index is 0.0259. The van der Waals surface area contributed by atoms with Crippen LogP contribution in [0, 0.1) is 5.92 Å². The van der Waals surface area contributed by atoms with Crippen molar-refractivity contribution in [2.24, 2.45) is 5.92 Å². The fraction of sp³-hybridized carbons (Fsp3) is 0.333. The minimum Gasteiger partial charge on any atom is -0.321 e. The Bertz CT molecular complexity index is 715. The Balaban J connectivity index is 1.73. The molecule has 0 fully saturated rings. The second-order valence-corrected chi connectivity index (χ2v) is 7.13. The molecule has 2 aromatic rings. The van der Waals surface area contributed by atoms with Crippen molar-refractivity contribution in [1.82, 2.24) is 0 Å². The third kappa shape index (κ3) is 3.12. The molecule has 4 heteroatoms. The summed E-state index contributed by atoms with van der Waals surface area (Å²) in [6, 6.07) is 9.04. The number of nitrogens with one attached hydrogen (secondary N) is 1. The third-order valence-corrected chi connectivity index (χ3v) is 5.34. The van der Waals surface area contributed by atoms with Crippen molar-refractivity contribution in [2.75, 3.05) is 5.32 Å². The molecule has 1 aliphatic rings. The molecule has 1 amide bonds. The van der Waals surface area contributed by atoms with Gasteiger partial charge in [0.15, 0.2) is 5.78 Å². The summed E-state index contributed by atoms with van der Waals surface area (Å²) in [4.78, 5) is 25.7. The summed E-state index contributed by atoms with van der Waals surface area (Å²) in [6.07, 6.45) is 3.37. The number of aryl methyl sites for hydroxylation is 1. The van der Waals surface area contributed by atoms with Gasteiger partial charge in [-0.2, -0.15) is 0 Å². The van der Waals surface area contributed by atoms with Crippen LogP contribution in [0.3, 0.4) is 0 Å². The highest BCUT2D eigenvalue weighted by molar-refractivity contribution is 7.14. The number of Topliss-reactive ketones (excluding diaryl/α,β-unsaturated/α-hetero) is 1. The summed E-state index contributed by atoms with van der Waals surface area (Å²) < 4.78 is 0. The first-order valence-electron chi connectivity index (χ1n) is 7.57. The number of carbonyl (C=O) groups excluding carboxylic acids is 2. The van der Waals surface area contributed by atoms with Gasteiger partial charge in [0.25, 0.3) is 5.91 Å². The minimum atomic E-state index is -0.0670. The van der Waals surface area contributed by atoms with Crippen LogP contribution in [-0.4, -0.2) is 11.7 Å². The molecular weight excluding hydrogens is 294 g/mol. The van der Waals surface area contributed by atoms with Crippen molar-refractivity contribution >= 4 is 28.7 Å². The highest BCUT2D eigenvalue weighted by Crippen LogP contribution is 2.32. The Morgan fingerprint density at radius 3 is 2.64 bits per heavy atom. The number of ketones is 1. The van der Waals surface area contributed by atoms with Crippen LogP contribution in [0.4, 0.5) is 5.69 Å². The van der Waals surface area contributed by atoms with Crippen LogP contribution in [0.2, 0.25) is 0 Å². The van der Waals surface area contributed by atoms with Gasteiger partial charge >= 0.3 is 0 Å². The van der Waals surface area contributed by atoms with Crippen LogP contribution < -0.4 is 5.32 Å². The smallest absolute Gasteiger partial charge is 0.265 e. The van der Waals surface area contributed by atoms with E-state index < -0.39 is 0 Å². The van der Waals surface area contributed by atoms with E-state index in [9.17, 15) is 9.59 Å². The molecule has 1 heterocycles. The second kappa shape index (κ2) is 6.05. The summed E-state index contributed by atoms with van der Waals surface area (Å²) >= 11 is 1.61. The zero-order chi connectivity index (χ0) is 15.7. The monoisotopic (exact) mass is 313 g/mol. The summed E-state index contributed by atoms with van der Waals surface area (Å²) in [5, 5.41) is 2.90. The predicted molar refractivity (Wildman–Crippen MR) is 89.9 cm³/mol. The number of benzene rings is 1. The average Bonchev–Trinajstić information content (AvgIpc) is 2.91. The van der Waals surface area contributed by atoms with Gasteiger partial charge in [-0.1, -0.05) is 6.92 Å². The first-order valence-corrected chi connectivity index (χ1v) is 8.38. The molecule has 0 saturated heterocycles. The Hall–Kier alpha value is -1.94. The quantitative estimate of drug-likeness (QED) is 0.857. The molecule has 1 aromatic heterocycles. The lowest BCUT2D eigenvalue weighted by Gasteiger charge is -2.16. The Morgan fingerprint density at radius 1 is 1.23 bits per heavy atom. The van der Waals surface area contributed by atoms with Gasteiger partial charge in [-0.25, -0.2) is 0 Å². The number of anilines is 1. The van der Waals surface area contributed by atoms with Crippen molar-refractivity contribution in [2.45, 2.75) is 33.1 Å². The van der Waals surface area contributed by atoms with E-state index in [1.807, 2.05) is 6.07 Å². The predicted octanol–water partition coefficient (Wildman–Crippen LogP) is 4.33. The number of thiophene rings is 1. The van der Waals surface area contributed by atoms with E-state index in [-0.39, 0.29) is 11.7 Å². The second-order valence-electron chi connectivity index (χ2n) is 5.99. The van der Waals surface area contributed by atoms with Gasteiger partial charge in [0.05, 0.1) is 4.88 Å². The van der Waals surface area contributed by atoms with Gasteiger partial charge in [0.2, 0.25) is 0 Å². The summed E-state index contributed by atoms with van der Waals surface area (Å²) in [5.41, 5.74) is 2.70. The van der Waals surface area contributed by atoms with E-state index in [0.717, 1.165) is 23.4 Å². The zero-order valence-electron chi connectivity index (χ0n) is 12.8. The van der Waals surface area contributed by atoms with Crippen LogP contribution in [0.5, 0.6) is 0 Å². The van der Waals surface area contributed by atoms with Gasteiger partial charge in [-0.3, -0.25) is 9.59 Å². The van der Waals surface area contributed by atoms with Gasteiger partial charge in [-0.15, -0.1) is 11.3 Å². The molecule has 1 N–H and O–H groups in total. The van der Waals surface area contributed by atoms with Gasteiger partial charge in [-0.05, 0) is 68.0 Å². The van der Waals surface area contributed by atoms with Crippen molar-refractivity contribution in [3.8, 4) is 0 Å². The lowest BCUT2D eigenvalue weighted by molar-refractivity contribution is 0.101. The van der Waals surface area contributed by atoms with Crippen LogP contribution in [0.1, 0.15) is 50.7 Å². The van der Waals surface area contributed by atoms with Crippen LogP contribution in [-0.2, 0) is 12.8 Å². The molecule has 0 spiro atoms. The summed E-state index contributed by atoms with van der Waals surface area (Å²) in [5.74, 6) is 0.665. The Labute approximate surface area is 134 Å². The number of hydrogen-bond acceptors (Lipinski definition) is 3. The standard InChI is InChI=1S/C18H19NO2S/c1-11-3-8-16-14(9-11)10-17(22-16)18(21)19-15-6-4-13(5-7-15)12(2)20/h4-7,10-11H,3,8-9H2,1-2H3,(H,19,21)/t11-/m0/s1. The topological polar surface area (TPSA) is 46.2 Å². The molecule has 0 saturated carbocycles. The molecule has 22 heavy (non-hydrogen) atoms. The van der Waals surface area contributed by atoms with E-state index >= 15 is 0 Å². The fourth-order valence-corrected chi connectivity index (χ4v) is 3.90.